The molecule has 5 heteroatoms. The van der Waals surface area contributed by atoms with Crippen molar-refractivity contribution in [2.75, 3.05) is 0 Å². The van der Waals surface area contributed by atoms with Gasteiger partial charge in [0.2, 0.25) is 8.32 Å². The quantitative estimate of drug-likeness (QED) is 0.800. The molecule has 0 saturated carbocycles. The summed E-state index contributed by atoms with van der Waals surface area (Å²) in [6.45, 7) is 16.9. The molecule has 1 aliphatic rings. The molecule has 1 fully saturated rings. The van der Waals surface area contributed by atoms with E-state index in [-0.39, 0.29) is 18.3 Å². The van der Waals surface area contributed by atoms with E-state index >= 15 is 0 Å². The zero-order valence-corrected chi connectivity index (χ0v) is 15.5. The highest BCUT2D eigenvalue weighted by Crippen LogP contribution is 2.36. The lowest BCUT2D eigenvalue weighted by atomic mass is 9.78. The highest BCUT2D eigenvalue weighted by atomic mass is 28.4. The number of benzene rings is 1. The molecule has 1 aromatic rings. The molecular weight excluding hydrogens is 279 g/mol. The first-order valence-electron chi connectivity index (χ1n) is 7.56. The molecule has 2 rings (SSSR count). The van der Waals surface area contributed by atoms with Crippen LogP contribution in [-0.4, -0.2) is 26.6 Å². The standard InChI is InChI=1S/C16H27BO3Si/c1-12-9-10-13(11-14(12)18-21(6,7)8)17-19-15(2,3)16(4,5)20-17/h9-11H,1-8H3. The van der Waals surface area contributed by atoms with Crippen molar-refractivity contribution in [1.29, 1.82) is 0 Å². The second-order valence-corrected chi connectivity index (χ2v) is 12.3. The Balaban J connectivity index is 2.29. The maximum Gasteiger partial charge on any atom is 0.494 e. The van der Waals surface area contributed by atoms with E-state index in [1.165, 1.54) is 0 Å². The summed E-state index contributed by atoms with van der Waals surface area (Å²) in [6.07, 6.45) is 0. The van der Waals surface area contributed by atoms with Crippen molar-refractivity contribution >= 4 is 20.9 Å². The van der Waals surface area contributed by atoms with Crippen LogP contribution >= 0.6 is 0 Å². The molecule has 21 heavy (non-hydrogen) atoms. The molecule has 3 nitrogen and oxygen atoms in total. The molecule has 0 radical (unpaired) electrons. The van der Waals surface area contributed by atoms with Crippen molar-refractivity contribution in [3.05, 3.63) is 23.8 Å². The van der Waals surface area contributed by atoms with E-state index in [1.807, 2.05) is 0 Å². The third kappa shape index (κ3) is 3.52. The van der Waals surface area contributed by atoms with E-state index in [2.05, 4.69) is 72.5 Å². The molecule has 1 saturated heterocycles. The minimum absolute atomic E-state index is 0.317. The Labute approximate surface area is 130 Å². The van der Waals surface area contributed by atoms with Crippen LogP contribution in [0.1, 0.15) is 33.3 Å². The molecule has 0 amide bonds. The average molecular weight is 306 g/mol. The summed E-state index contributed by atoms with van der Waals surface area (Å²) in [5.74, 6) is 0.946. The van der Waals surface area contributed by atoms with Crippen LogP contribution in [0.25, 0.3) is 0 Å². The molecule has 0 aromatic heterocycles. The van der Waals surface area contributed by atoms with Gasteiger partial charge in [-0.3, -0.25) is 0 Å². The Kier molecular flexibility index (Phi) is 4.06. The van der Waals surface area contributed by atoms with E-state index < -0.39 is 8.32 Å². The highest BCUT2D eigenvalue weighted by Gasteiger charge is 2.51. The predicted octanol–water partition coefficient (Wildman–Crippen LogP) is 3.51. The molecule has 1 aliphatic heterocycles. The van der Waals surface area contributed by atoms with Crippen LogP contribution in [-0.2, 0) is 9.31 Å². The van der Waals surface area contributed by atoms with Crippen LogP contribution in [0, 0.1) is 6.92 Å². The summed E-state index contributed by atoms with van der Waals surface area (Å²) in [7, 11) is -1.96. The second-order valence-electron chi connectivity index (χ2n) is 7.83. The molecule has 1 aromatic carbocycles. The Bertz CT molecular complexity index is 519. The van der Waals surface area contributed by atoms with E-state index in [4.69, 9.17) is 13.7 Å². The summed E-state index contributed by atoms with van der Waals surface area (Å²) < 4.78 is 18.4. The van der Waals surface area contributed by atoms with Gasteiger partial charge in [0.15, 0.2) is 0 Å². The van der Waals surface area contributed by atoms with Gasteiger partial charge < -0.3 is 13.7 Å². The van der Waals surface area contributed by atoms with Gasteiger partial charge in [0.05, 0.1) is 11.2 Å². The summed E-state index contributed by atoms with van der Waals surface area (Å²) in [4.78, 5) is 0. The van der Waals surface area contributed by atoms with E-state index in [0.29, 0.717) is 0 Å². The largest absolute Gasteiger partial charge is 0.544 e. The number of hydrogen-bond donors (Lipinski definition) is 0. The first kappa shape index (κ1) is 16.6. The molecule has 116 valence electrons. The monoisotopic (exact) mass is 306 g/mol. The third-order valence-electron chi connectivity index (χ3n) is 4.15. The molecule has 0 atom stereocenters. The number of hydrogen-bond acceptors (Lipinski definition) is 3. The molecular formula is C16H27BO3Si. The predicted molar refractivity (Wildman–Crippen MR) is 90.9 cm³/mol. The lowest BCUT2D eigenvalue weighted by Gasteiger charge is -2.32. The lowest BCUT2D eigenvalue weighted by molar-refractivity contribution is 0.00578. The normalized spacial score (nSPS) is 20.7. The van der Waals surface area contributed by atoms with Gasteiger partial charge in [-0.2, -0.15) is 0 Å². The van der Waals surface area contributed by atoms with Gasteiger partial charge in [0.1, 0.15) is 5.75 Å². The Morgan fingerprint density at radius 2 is 1.52 bits per heavy atom. The van der Waals surface area contributed by atoms with Crippen molar-refractivity contribution in [2.24, 2.45) is 0 Å². The molecule has 0 N–H and O–H groups in total. The Morgan fingerprint density at radius 3 is 2.00 bits per heavy atom. The van der Waals surface area contributed by atoms with Crippen LogP contribution in [0.2, 0.25) is 19.6 Å². The Hall–Kier alpha value is -0.778. The third-order valence-corrected chi connectivity index (χ3v) is 4.99. The second kappa shape index (κ2) is 5.14. The molecule has 0 unspecified atom stereocenters. The van der Waals surface area contributed by atoms with Crippen LogP contribution < -0.4 is 9.89 Å². The molecule has 1 heterocycles. The van der Waals surface area contributed by atoms with Crippen molar-refractivity contribution in [1.82, 2.24) is 0 Å². The van der Waals surface area contributed by atoms with Gasteiger partial charge in [-0.05, 0) is 71.4 Å². The number of aryl methyl sites for hydroxylation is 1. The van der Waals surface area contributed by atoms with Gasteiger partial charge in [0, 0.05) is 0 Å². The maximum atomic E-state index is 6.16. The molecule has 0 bridgehead atoms. The van der Waals surface area contributed by atoms with Gasteiger partial charge in [-0.25, -0.2) is 0 Å². The van der Waals surface area contributed by atoms with Crippen molar-refractivity contribution in [3.8, 4) is 5.75 Å². The zero-order chi connectivity index (χ0) is 16.1. The van der Waals surface area contributed by atoms with Gasteiger partial charge in [-0.1, -0.05) is 12.1 Å². The first-order valence-corrected chi connectivity index (χ1v) is 11.0. The summed E-state index contributed by atoms with van der Waals surface area (Å²) in [6, 6.07) is 6.21. The van der Waals surface area contributed by atoms with Crippen molar-refractivity contribution in [2.45, 2.75) is 65.5 Å². The van der Waals surface area contributed by atoms with Crippen molar-refractivity contribution < 1.29 is 13.7 Å². The van der Waals surface area contributed by atoms with E-state index in [1.54, 1.807) is 0 Å². The van der Waals surface area contributed by atoms with Gasteiger partial charge in [-0.15, -0.1) is 0 Å². The minimum atomic E-state index is -1.63. The Morgan fingerprint density at radius 1 is 1.00 bits per heavy atom. The minimum Gasteiger partial charge on any atom is -0.544 e. The first-order chi connectivity index (χ1) is 9.41. The van der Waals surface area contributed by atoms with Crippen LogP contribution in [0.3, 0.4) is 0 Å². The fraction of sp³-hybridized carbons (Fsp3) is 0.625. The zero-order valence-electron chi connectivity index (χ0n) is 14.5. The van der Waals surface area contributed by atoms with Gasteiger partial charge >= 0.3 is 7.12 Å². The van der Waals surface area contributed by atoms with E-state index in [9.17, 15) is 0 Å². The SMILES string of the molecule is Cc1ccc(B2OC(C)(C)C(C)(C)O2)cc1O[Si](C)(C)C. The summed E-state index contributed by atoms with van der Waals surface area (Å²) in [5.41, 5.74) is 1.54. The van der Waals surface area contributed by atoms with Gasteiger partial charge in [0.25, 0.3) is 0 Å². The van der Waals surface area contributed by atoms with Crippen LogP contribution in [0.4, 0.5) is 0 Å². The topological polar surface area (TPSA) is 27.7 Å². The fourth-order valence-electron chi connectivity index (χ4n) is 2.18. The molecule has 0 spiro atoms. The fourth-order valence-corrected chi connectivity index (χ4v) is 3.06. The average Bonchev–Trinajstić information content (AvgIpc) is 2.49. The smallest absolute Gasteiger partial charge is 0.494 e. The summed E-state index contributed by atoms with van der Waals surface area (Å²) >= 11 is 0. The van der Waals surface area contributed by atoms with E-state index in [0.717, 1.165) is 16.8 Å². The van der Waals surface area contributed by atoms with Crippen LogP contribution in [0.5, 0.6) is 5.75 Å². The van der Waals surface area contributed by atoms with Crippen molar-refractivity contribution in [3.63, 3.8) is 0 Å². The maximum absolute atomic E-state index is 6.16. The number of rotatable bonds is 3. The molecule has 0 aliphatic carbocycles. The van der Waals surface area contributed by atoms with Crippen LogP contribution in [0.15, 0.2) is 18.2 Å². The highest BCUT2D eigenvalue weighted by molar-refractivity contribution is 6.70. The lowest BCUT2D eigenvalue weighted by Crippen LogP contribution is -2.41. The summed E-state index contributed by atoms with van der Waals surface area (Å²) in [5, 5.41) is 0.